The minimum atomic E-state index is -1.68. The molecule has 0 aromatic rings. The average Bonchev–Trinajstić information content (AvgIpc) is 2.36. The molecule has 6 heteroatoms. The van der Waals surface area contributed by atoms with Gasteiger partial charge in [0.25, 0.3) is 0 Å². The minimum absolute atomic E-state index is 0.155. The number of rotatable bonds is 3. The number of hydrogen-bond acceptors (Lipinski definition) is 4. The summed E-state index contributed by atoms with van der Waals surface area (Å²) in [5.74, 6) is 1.000. The van der Waals surface area contributed by atoms with Gasteiger partial charge in [0.1, 0.15) is 6.61 Å². The molecule has 0 saturated carbocycles. The van der Waals surface area contributed by atoms with E-state index in [9.17, 15) is 8.42 Å². The van der Waals surface area contributed by atoms with Gasteiger partial charge in [0.05, 0.1) is 0 Å². The molecule has 1 aliphatic heterocycles. The molecule has 0 N–H and O–H groups in total. The topological polar surface area (TPSA) is 52.6 Å². The first-order valence-electron chi connectivity index (χ1n) is 3.53. The quantitative estimate of drug-likeness (QED) is 0.685. The fourth-order valence-electron chi connectivity index (χ4n) is 0.702. The van der Waals surface area contributed by atoms with Crippen molar-refractivity contribution in [2.75, 3.05) is 12.4 Å². The highest BCUT2D eigenvalue weighted by molar-refractivity contribution is 7.88. The predicted octanol–water partition coefficient (Wildman–Crippen LogP) is 0.612. The Kier molecular flexibility index (Phi) is 3.90. The number of hydrogen-bond donors (Lipinski definition) is 0. The molecule has 1 saturated heterocycles. The zero-order valence-electron chi connectivity index (χ0n) is 6.65. The molecule has 1 aliphatic rings. The predicted molar refractivity (Wildman–Crippen MR) is 46.6 cm³/mol. The third-order valence-electron chi connectivity index (χ3n) is 1.14. The van der Waals surface area contributed by atoms with E-state index in [-0.39, 0.29) is 6.61 Å². The van der Waals surface area contributed by atoms with Crippen molar-refractivity contribution >= 4 is 22.2 Å². The Hall–Kier alpha value is -0.200. The van der Waals surface area contributed by atoms with Crippen LogP contribution < -0.4 is 0 Å². The van der Waals surface area contributed by atoms with Crippen molar-refractivity contribution in [3.8, 4) is 0 Å². The van der Waals surface area contributed by atoms with Crippen molar-refractivity contribution in [3.05, 3.63) is 11.2 Å². The zero-order chi connectivity index (χ0) is 8.97. The van der Waals surface area contributed by atoms with Gasteiger partial charge in [-0.2, -0.15) is 4.21 Å². The largest absolute Gasteiger partial charge is 0.381 e. The van der Waals surface area contributed by atoms with Crippen LogP contribution in [0.2, 0.25) is 0 Å². The van der Waals surface area contributed by atoms with Crippen molar-refractivity contribution in [1.29, 1.82) is 0 Å². The molecule has 1 rings (SSSR count). The SMILES string of the molecule is CCCS(=O)C=C1COS(=O)O1. The van der Waals surface area contributed by atoms with Crippen LogP contribution in [0.15, 0.2) is 11.2 Å². The average molecular weight is 210 g/mol. The molecule has 0 aliphatic carbocycles. The summed E-state index contributed by atoms with van der Waals surface area (Å²) in [6.07, 6.45) is 0.848. The normalized spacial score (nSPS) is 28.8. The first-order chi connectivity index (χ1) is 5.72. The van der Waals surface area contributed by atoms with Gasteiger partial charge in [-0.1, -0.05) is 6.92 Å². The molecule has 0 aromatic heterocycles. The van der Waals surface area contributed by atoms with Crippen LogP contribution in [0.3, 0.4) is 0 Å². The Morgan fingerprint density at radius 2 is 2.50 bits per heavy atom. The first kappa shape index (κ1) is 9.88. The highest BCUT2D eigenvalue weighted by Crippen LogP contribution is 2.12. The van der Waals surface area contributed by atoms with Crippen LogP contribution in [0, 0.1) is 0 Å². The molecule has 0 aromatic carbocycles. The summed E-state index contributed by atoms with van der Waals surface area (Å²) in [7, 11) is -1.03. The fourth-order valence-corrected chi connectivity index (χ4v) is 2.22. The standard InChI is InChI=1S/C6H10O4S2/c1-2-3-11(7)5-6-4-9-12(8)10-6/h5H,2-4H2,1H3. The summed E-state index contributed by atoms with van der Waals surface area (Å²) in [6.45, 7) is 2.10. The summed E-state index contributed by atoms with van der Waals surface area (Å²) >= 11 is -1.68. The van der Waals surface area contributed by atoms with Crippen LogP contribution in [0.5, 0.6) is 0 Å². The van der Waals surface area contributed by atoms with E-state index < -0.39 is 22.2 Å². The fraction of sp³-hybridized carbons (Fsp3) is 0.667. The van der Waals surface area contributed by atoms with Gasteiger partial charge < -0.3 is 4.18 Å². The lowest BCUT2D eigenvalue weighted by molar-refractivity contribution is 0.408. The van der Waals surface area contributed by atoms with Crippen LogP contribution in [0.1, 0.15) is 13.3 Å². The van der Waals surface area contributed by atoms with Gasteiger partial charge >= 0.3 is 11.4 Å². The molecule has 2 unspecified atom stereocenters. The molecule has 0 radical (unpaired) electrons. The molecule has 1 heterocycles. The summed E-state index contributed by atoms with van der Waals surface area (Å²) in [5.41, 5.74) is 0. The van der Waals surface area contributed by atoms with Crippen molar-refractivity contribution in [2.45, 2.75) is 13.3 Å². The highest BCUT2D eigenvalue weighted by Gasteiger charge is 2.17. The molecule has 0 amide bonds. The Labute approximate surface area is 76.3 Å². The maximum Gasteiger partial charge on any atom is 0.360 e. The second-order valence-corrected chi connectivity index (χ2v) is 4.43. The van der Waals surface area contributed by atoms with Crippen molar-refractivity contribution in [3.63, 3.8) is 0 Å². The second kappa shape index (κ2) is 4.74. The Balaban J connectivity index is 2.46. The molecule has 4 nitrogen and oxygen atoms in total. The van der Waals surface area contributed by atoms with E-state index >= 15 is 0 Å². The van der Waals surface area contributed by atoms with Crippen molar-refractivity contribution < 1.29 is 16.8 Å². The van der Waals surface area contributed by atoms with Gasteiger partial charge in [0.2, 0.25) is 0 Å². The van der Waals surface area contributed by atoms with Gasteiger partial charge in [-0.3, -0.25) is 8.39 Å². The van der Waals surface area contributed by atoms with E-state index in [0.29, 0.717) is 11.5 Å². The summed E-state index contributed by atoms with van der Waals surface area (Å²) in [4.78, 5) is 0. The smallest absolute Gasteiger partial charge is 0.360 e. The van der Waals surface area contributed by atoms with Gasteiger partial charge in [-0.15, -0.1) is 0 Å². The molecule has 12 heavy (non-hydrogen) atoms. The van der Waals surface area contributed by atoms with Crippen molar-refractivity contribution in [1.82, 2.24) is 0 Å². The molecular formula is C6H10O4S2. The van der Waals surface area contributed by atoms with E-state index in [4.69, 9.17) is 4.18 Å². The monoisotopic (exact) mass is 210 g/mol. The Morgan fingerprint density at radius 1 is 1.75 bits per heavy atom. The van der Waals surface area contributed by atoms with E-state index in [2.05, 4.69) is 4.18 Å². The van der Waals surface area contributed by atoms with Crippen LogP contribution in [-0.4, -0.2) is 20.8 Å². The molecule has 70 valence electrons. The third-order valence-corrected chi connectivity index (χ3v) is 3.14. The van der Waals surface area contributed by atoms with Gasteiger partial charge in [-0.25, -0.2) is 0 Å². The Bertz CT molecular complexity index is 236. The van der Waals surface area contributed by atoms with Crippen LogP contribution in [-0.2, 0) is 30.5 Å². The maximum atomic E-state index is 11.1. The molecular weight excluding hydrogens is 200 g/mol. The van der Waals surface area contributed by atoms with E-state index in [1.807, 2.05) is 6.92 Å². The lowest BCUT2D eigenvalue weighted by Crippen LogP contribution is -1.94. The first-order valence-corrected chi connectivity index (χ1v) is 5.92. The molecule has 0 spiro atoms. The van der Waals surface area contributed by atoms with Gasteiger partial charge in [0.15, 0.2) is 5.76 Å². The summed E-state index contributed by atoms with van der Waals surface area (Å²) in [5, 5.41) is 1.45. The minimum Gasteiger partial charge on any atom is -0.381 e. The maximum absolute atomic E-state index is 11.1. The van der Waals surface area contributed by atoms with Crippen LogP contribution in [0.25, 0.3) is 0 Å². The summed E-state index contributed by atoms with van der Waals surface area (Å²) < 4.78 is 30.9. The van der Waals surface area contributed by atoms with Crippen molar-refractivity contribution in [2.24, 2.45) is 0 Å². The van der Waals surface area contributed by atoms with Crippen LogP contribution >= 0.6 is 0 Å². The summed E-state index contributed by atoms with van der Waals surface area (Å²) in [6, 6.07) is 0. The Morgan fingerprint density at radius 3 is 3.00 bits per heavy atom. The van der Waals surface area contributed by atoms with E-state index in [1.54, 1.807) is 0 Å². The lowest BCUT2D eigenvalue weighted by atomic mass is 10.6. The van der Waals surface area contributed by atoms with Gasteiger partial charge in [0, 0.05) is 22.0 Å². The molecule has 1 fully saturated rings. The van der Waals surface area contributed by atoms with E-state index in [1.165, 1.54) is 5.41 Å². The second-order valence-electron chi connectivity index (χ2n) is 2.22. The molecule has 2 atom stereocenters. The highest BCUT2D eigenvalue weighted by atomic mass is 32.2. The zero-order valence-corrected chi connectivity index (χ0v) is 8.28. The van der Waals surface area contributed by atoms with E-state index in [0.717, 1.165) is 6.42 Å². The third kappa shape index (κ3) is 3.04. The van der Waals surface area contributed by atoms with Gasteiger partial charge in [-0.05, 0) is 6.42 Å². The lowest BCUT2D eigenvalue weighted by Gasteiger charge is -1.92. The molecule has 0 bridgehead atoms. The van der Waals surface area contributed by atoms with Crippen LogP contribution in [0.4, 0.5) is 0 Å².